The zero-order valence-electron chi connectivity index (χ0n) is 7.62. The molecule has 1 fully saturated rings. The maximum atomic E-state index is 9.61. The number of ether oxygens (including phenoxy) is 1. The molecule has 0 amide bonds. The Morgan fingerprint density at radius 1 is 1.58 bits per heavy atom. The van der Waals surface area contributed by atoms with Gasteiger partial charge in [0.1, 0.15) is 0 Å². The van der Waals surface area contributed by atoms with Gasteiger partial charge in [-0.2, -0.15) is 0 Å². The zero-order chi connectivity index (χ0) is 9.03. The van der Waals surface area contributed by atoms with Gasteiger partial charge in [0.2, 0.25) is 0 Å². The van der Waals surface area contributed by atoms with E-state index in [9.17, 15) is 5.11 Å². The number of hydrogen-bond donors (Lipinski definition) is 2. The predicted octanol–water partition coefficient (Wildman–Crippen LogP) is 0.894. The van der Waals surface area contributed by atoms with Crippen molar-refractivity contribution in [2.75, 3.05) is 13.2 Å². The molecule has 0 unspecified atom stereocenters. The van der Waals surface area contributed by atoms with Crippen molar-refractivity contribution < 1.29 is 14.9 Å². The van der Waals surface area contributed by atoms with Crippen molar-refractivity contribution in [2.24, 2.45) is 5.92 Å². The van der Waals surface area contributed by atoms with Crippen molar-refractivity contribution in [2.45, 2.75) is 38.4 Å². The molecule has 0 aromatic heterocycles. The van der Waals surface area contributed by atoms with E-state index in [1.54, 1.807) is 0 Å². The first kappa shape index (κ1) is 9.96. The molecule has 1 rings (SSSR count). The third-order valence-corrected chi connectivity index (χ3v) is 2.37. The number of aliphatic hydroxyl groups excluding tert-OH is 1. The highest BCUT2D eigenvalue weighted by Crippen LogP contribution is 2.47. The summed E-state index contributed by atoms with van der Waals surface area (Å²) in [7, 11) is 0. The second-order valence-corrected chi connectivity index (χ2v) is 3.46. The van der Waals surface area contributed by atoms with Gasteiger partial charge >= 0.3 is 0 Å². The van der Waals surface area contributed by atoms with E-state index in [0.29, 0.717) is 5.92 Å². The Kier molecular flexibility index (Phi) is 3.50. The molecule has 2 N–H and O–H groups in total. The van der Waals surface area contributed by atoms with Gasteiger partial charge in [0.05, 0.1) is 13.2 Å². The van der Waals surface area contributed by atoms with Gasteiger partial charge in [-0.3, -0.25) is 0 Å². The molecule has 0 aromatic carbocycles. The van der Waals surface area contributed by atoms with E-state index in [0.717, 1.165) is 25.7 Å². The monoisotopic (exact) mass is 174 g/mol. The van der Waals surface area contributed by atoms with Gasteiger partial charge in [0, 0.05) is 12.3 Å². The summed E-state index contributed by atoms with van der Waals surface area (Å²) in [6, 6.07) is 0. The molecule has 0 heterocycles. The Labute approximate surface area is 73.4 Å². The van der Waals surface area contributed by atoms with Crippen molar-refractivity contribution in [3.8, 4) is 0 Å². The second kappa shape index (κ2) is 4.21. The van der Waals surface area contributed by atoms with E-state index in [1.807, 2.05) is 0 Å². The summed E-state index contributed by atoms with van der Waals surface area (Å²) in [4.78, 5) is 0. The van der Waals surface area contributed by atoms with Crippen molar-refractivity contribution >= 4 is 0 Å². The van der Waals surface area contributed by atoms with Crippen LogP contribution in [0.5, 0.6) is 0 Å². The molecule has 1 aliphatic rings. The van der Waals surface area contributed by atoms with Gasteiger partial charge in [-0.25, -0.2) is 0 Å². The van der Waals surface area contributed by atoms with Crippen LogP contribution in [0.2, 0.25) is 0 Å². The first-order chi connectivity index (χ1) is 5.73. The highest BCUT2D eigenvalue weighted by molar-refractivity contribution is 4.95. The van der Waals surface area contributed by atoms with Gasteiger partial charge in [-0.15, -0.1) is 0 Å². The average molecular weight is 174 g/mol. The summed E-state index contributed by atoms with van der Waals surface area (Å²) in [5.74, 6) is -0.582. The Morgan fingerprint density at radius 3 is 2.92 bits per heavy atom. The fourth-order valence-corrected chi connectivity index (χ4v) is 1.47. The lowest BCUT2D eigenvalue weighted by atomic mass is 10.2. The predicted molar refractivity (Wildman–Crippen MR) is 45.6 cm³/mol. The SMILES string of the molecule is CCCC[C@H]1C[C@@]1(O)OCCO. The average Bonchev–Trinajstić information content (AvgIpc) is 2.71. The van der Waals surface area contributed by atoms with Crippen LogP contribution in [0.3, 0.4) is 0 Å². The first-order valence-electron chi connectivity index (χ1n) is 4.70. The lowest BCUT2D eigenvalue weighted by Crippen LogP contribution is -2.18. The van der Waals surface area contributed by atoms with Crippen molar-refractivity contribution in [3.05, 3.63) is 0 Å². The van der Waals surface area contributed by atoms with Crippen LogP contribution in [0.4, 0.5) is 0 Å². The van der Waals surface area contributed by atoms with E-state index in [2.05, 4.69) is 6.92 Å². The minimum atomic E-state index is -0.891. The summed E-state index contributed by atoms with van der Waals surface area (Å²) in [6.07, 6.45) is 4.09. The van der Waals surface area contributed by atoms with Gasteiger partial charge in [-0.1, -0.05) is 19.8 Å². The van der Waals surface area contributed by atoms with Crippen LogP contribution in [0, 0.1) is 5.92 Å². The highest BCUT2D eigenvalue weighted by Gasteiger charge is 2.53. The van der Waals surface area contributed by atoms with Crippen LogP contribution in [0.1, 0.15) is 32.6 Å². The minimum Gasteiger partial charge on any atom is -0.394 e. The van der Waals surface area contributed by atoms with Crippen molar-refractivity contribution in [3.63, 3.8) is 0 Å². The van der Waals surface area contributed by atoms with E-state index < -0.39 is 5.79 Å². The summed E-state index contributed by atoms with van der Waals surface area (Å²) in [5.41, 5.74) is 0. The van der Waals surface area contributed by atoms with Crippen LogP contribution in [-0.4, -0.2) is 29.2 Å². The first-order valence-corrected chi connectivity index (χ1v) is 4.70. The summed E-state index contributed by atoms with van der Waals surface area (Å²) >= 11 is 0. The molecule has 0 spiro atoms. The maximum absolute atomic E-state index is 9.61. The van der Waals surface area contributed by atoms with E-state index in [-0.39, 0.29) is 13.2 Å². The molecular formula is C9H18O3. The number of aliphatic hydroxyl groups is 2. The molecule has 72 valence electrons. The molecule has 3 nitrogen and oxygen atoms in total. The van der Waals surface area contributed by atoms with Crippen LogP contribution in [0.25, 0.3) is 0 Å². The van der Waals surface area contributed by atoms with Crippen LogP contribution in [0.15, 0.2) is 0 Å². The molecule has 3 heteroatoms. The molecule has 1 aliphatic carbocycles. The standard InChI is InChI=1S/C9H18O3/c1-2-3-4-8-7-9(8,11)12-6-5-10/h8,10-11H,2-7H2,1H3/t8-,9+/m0/s1. The van der Waals surface area contributed by atoms with E-state index in [4.69, 9.17) is 9.84 Å². The molecule has 1 saturated carbocycles. The normalized spacial score (nSPS) is 33.8. The fourth-order valence-electron chi connectivity index (χ4n) is 1.47. The molecule has 0 aliphatic heterocycles. The zero-order valence-corrected chi connectivity index (χ0v) is 7.62. The van der Waals surface area contributed by atoms with Crippen LogP contribution < -0.4 is 0 Å². The third-order valence-electron chi connectivity index (χ3n) is 2.37. The van der Waals surface area contributed by atoms with E-state index in [1.165, 1.54) is 0 Å². The van der Waals surface area contributed by atoms with Gasteiger partial charge < -0.3 is 14.9 Å². The smallest absolute Gasteiger partial charge is 0.169 e. The Hall–Kier alpha value is -0.120. The van der Waals surface area contributed by atoms with Gasteiger partial charge in [-0.05, 0) is 6.42 Å². The number of hydrogen-bond acceptors (Lipinski definition) is 3. The van der Waals surface area contributed by atoms with Crippen molar-refractivity contribution in [1.82, 2.24) is 0 Å². The fraction of sp³-hybridized carbons (Fsp3) is 1.00. The minimum absolute atomic E-state index is 0.0111. The summed E-state index contributed by atoms with van der Waals surface area (Å²) < 4.78 is 5.10. The Balaban J connectivity index is 2.10. The number of unbranched alkanes of at least 4 members (excludes halogenated alkanes) is 1. The highest BCUT2D eigenvalue weighted by atomic mass is 16.6. The largest absolute Gasteiger partial charge is 0.394 e. The molecule has 0 bridgehead atoms. The lowest BCUT2D eigenvalue weighted by molar-refractivity contribution is -0.143. The third kappa shape index (κ3) is 2.44. The van der Waals surface area contributed by atoms with Gasteiger partial charge in [0.15, 0.2) is 5.79 Å². The van der Waals surface area contributed by atoms with Crippen molar-refractivity contribution in [1.29, 1.82) is 0 Å². The van der Waals surface area contributed by atoms with Crippen LogP contribution >= 0.6 is 0 Å². The lowest BCUT2D eigenvalue weighted by Gasteiger charge is -2.10. The van der Waals surface area contributed by atoms with Gasteiger partial charge in [0.25, 0.3) is 0 Å². The van der Waals surface area contributed by atoms with Crippen LogP contribution in [-0.2, 0) is 4.74 Å². The maximum Gasteiger partial charge on any atom is 0.169 e. The Morgan fingerprint density at radius 2 is 2.33 bits per heavy atom. The Bertz CT molecular complexity index is 138. The summed E-state index contributed by atoms with van der Waals surface area (Å²) in [5, 5.41) is 18.1. The quantitative estimate of drug-likeness (QED) is 0.588. The topological polar surface area (TPSA) is 49.7 Å². The molecule has 0 aromatic rings. The molecule has 0 radical (unpaired) electrons. The second-order valence-electron chi connectivity index (χ2n) is 3.46. The molecular weight excluding hydrogens is 156 g/mol. The van der Waals surface area contributed by atoms with E-state index >= 15 is 0 Å². The molecule has 12 heavy (non-hydrogen) atoms. The number of rotatable bonds is 6. The summed E-state index contributed by atoms with van der Waals surface area (Å²) in [6.45, 7) is 2.37. The molecule has 0 saturated heterocycles. The molecule has 2 atom stereocenters.